The summed E-state index contributed by atoms with van der Waals surface area (Å²) in [5, 5.41) is 29.4. The van der Waals surface area contributed by atoms with E-state index in [0.717, 1.165) is 37.7 Å². The number of hydrogen-bond acceptors (Lipinski definition) is 4. The lowest BCUT2D eigenvalue weighted by atomic mass is 9.62. The highest BCUT2D eigenvalue weighted by molar-refractivity contribution is 5.38. The fraction of sp³-hybridized carbons (Fsp3) is 0.778. The van der Waals surface area contributed by atoms with Crippen molar-refractivity contribution < 1.29 is 46.4 Å². The third-order valence-electron chi connectivity index (χ3n) is 8.87. The van der Waals surface area contributed by atoms with Crippen LogP contribution in [0, 0.1) is 17.3 Å². The zero-order chi connectivity index (χ0) is 27.8. The van der Waals surface area contributed by atoms with Crippen molar-refractivity contribution >= 4 is 0 Å². The van der Waals surface area contributed by atoms with Crippen molar-refractivity contribution in [1.29, 1.82) is 0 Å². The quantitative estimate of drug-likeness (QED) is 0.267. The summed E-state index contributed by atoms with van der Waals surface area (Å²) in [6.07, 6.45) is -6.20. The molecule has 4 nitrogen and oxygen atoms in total. The summed E-state index contributed by atoms with van der Waals surface area (Å²) in [5.41, 5.74) is -2.16. The third kappa shape index (κ3) is 6.12. The first-order chi connectivity index (χ1) is 17.0. The van der Waals surface area contributed by atoms with Crippen LogP contribution in [-0.2, 0) is 4.74 Å². The van der Waals surface area contributed by atoms with Crippen LogP contribution in [0.2, 0.25) is 0 Å². The fourth-order valence-electron chi connectivity index (χ4n) is 6.67. The van der Waals surface area contributed by atoms with Gasteiger partial charge in [0.1, 0.15) is 0 Å². The van der Waals surface area contributed by atoms with Crippen LogP contribution in [0.3, 0.4) is 0 Å². The maximum Gasteiger partial charge on any atom is 0.426 e. The third-order valence-corrected chi connectivity index (χ3v) is 8.87. The van der Waals surface area contributed by atoms with Crippen LogP contribution < -0.4 is 0 Å². The monoisotopic (exact) mass is 540 g/mol. The van der Waals surface area contributed by atoms with Crippen LogP contribution in [0.4, 0.5) is 26.3 Å². The molecule has 37 heavy (non-hydrogen) atoms. The summed E-state index contributed by atoms with van der Waals surface area (Å²) in [6.45, 7) is 7.63. The first-order valence-electron chi connectivity index (χ1n) is 12.9. The van der Waals surface area contributed by atoms with Crippen LogP contribution >= 0.6 is 0 Å². The molecule has 0 aromatic rings. The molecular formula is C27H38F6O4. The van der Waals surface area contributed by atoms with Crippen LogP contribution in [0.15, 0.2) is 35.5 Å². The molecule has 6 atom stereocenters. The second-order valence-electron chi connectivity index (χ2n) is 11.2. The van der Waals surface area contributed by atoms with E-state index >= 15 is 0 Å². The van der Waals surface area contributed by atoms with Gasteiger partial charge < -0.3 is 20.1 Å². The van der Waals surface area contributed by atoms with Gasteiger partial charge in [-0.2, -0.15) is 26.3 Å². The highest BCUT2D eigenvalue weighted by atomic mass is 19.4. The minimum absolute atomic E-state index is 0.0891. The summed E-state index contributed by atoms with van der Waals surface area (Å²) in [4.78, 5) is 0. The van der Waals surface area contributed by atoms with Crippen LogP contribution in [-0.4, -0.2) is 58.2 Å². The topological polar surface area (TPSA) is 69.9 Å². The Kier molecular flexibility index (Phi) is 8.99. The molecule has 0 saturated heterocycles. The molecule has 3 aliphatic rings. The number of ether oxygens (including phenoxy) is 1. The second-order valence-corrected chi connectivity index (χ2v) is 11.2. The van der Waals surface area contributed by atoms with E-state index < -0.39 is 43.0 Å². The molecule has 3 rings (SSSR count). The molecule has 0 aromatic carbocycles. The van der Waals surface area contributed by atoms with E-state index in [-0.39, 0.29) is 36.4 Å². The number of aliphatic hydroxyl groups is 3. The van der Waals surface area contributed by atoms with Gasteiger partial charge in [0.2, 0.25) is 0 Å². The van der Waals surface area contributed by atoms with Gasteiger partial charge in [-0.3, -0.25) is 0 Å². The molecule has 3 saturated carbocycles. The number of fused-ring (bicyclic) bond motifs is 1. The lowest BCUT2D eigenvalue weighted by molar-refractivity contribution is -0.370. The molecule has 0 bridgehead atoms. The SMILES string of the molecule is C=C1/C(=C\C=C2/CCC[C@]3(C)[C@@H]([C@@H](C)OCCCC(O)(C(F)(F)F)C(F)(F)F)CC[C@@H]23)C[C@@H](O)C[C@@H]1O. The van der Waals surface area contributed by atoms with Crippen molar-refractivity contribution in [2.24, 2.45) is 17.3 Å². The Balaban J connectivity index is 1.63. The molecule has 0 aromatic heterocycles. The molecule has 0 heterocycles. The van der Waals surface area contributed by atoms with Gasteiger partial charge in [-0.15, -0.1) is 0 Å². The number of alkyl halides is 6. The average molecular weight is 541 g/mol. The summed E-state index contributed by atoms with van der Waals surface area (Å²) in [6, 6.07) is 0. The highest BCUT2D eigenvalue weighted by Gasteiger charge is 2.69. The maximum atomic E-state index is 12.9. The molecule has 212 valence electrons. The van der Waals surface area contributed by atoms with Crippen LogP contribution in [0.5, 0.6) is 0 Å². The Bertz CT molecular complexity index is 878. The lowest BCUT2D eigenvalue weighted by Gasteiger charge is -2.44. The first kappa shape index (κ1) is 30.2. The molecule has 0 aliphatic heterocycles. The molecular weight excluding hydrogens is 502 g/mol. The molecule has 3 aliphatic carbocycles. The predicted molar refractivity (Wildman–Crippen MR) is 126 cm³/mol. The Labute approximate surface area is 214 Å². The number of aliphatic hydroxyl groups excluding tert-OH is 2. The number of halogens is 6. The van der Waals surface area contributed by atoms with Gasteiger partial charge in [0, 0.05) is 13.0 Å². The second kappa shape index (κ2) is 11.0. The minimum Gasteiger partial charge on any atom is -0.393 e. The molecule has 10 heteroatoms. The van der Waals surface area contributed by atoms with Crippen molar-refractivity contribution in [3.05, 3.63) is 35.5 Å². The standard InChI is InChI=1S/C27H38F6O4/c1-16-19(14-20(34)15-23(16)35)8-7-18-6-4-11-24(3)21(9-10-22(18)24)17(2)37-13-5-12-25(36,26(28,29)30)27(31,32)33/h7-8,17,20-23,34-36H,1,4-6,9-15H2,2-3H3/b18-7+,19-8-/t17-,20-,21-,22+,23+,24-/m1/s1. The zero-order valence-corrected chi connectivity index (χ0v) is 21.3. The van der Waals surface area contributed by atoms with E-state index in [1.165, 1.54) is 5.57 Å². The first-order valence-corrected chi connectivity index (χ1v) is 12.9. The van der Waals surface area contributed by atoms with Gasteiger partial charge in [-0.25, -0.2) is 0 Å². The predicted octanol–water partition coefficient (Wildman–Crippen LogP) is 6.17. The molecule has 3 fully saturated rings. The van der Waals surface area contributed by atoms with Gasteiger partial charge in [-0.05, 0) is 86.7 Å². The highest BCUT2D eigenvalue weighted by Crippen LogP contribution is 2.58. The van der Waals surface area contributed by atoms with Gasteiger partial charge in [0.05, 0.1) is 18.3 Å². The smallest absolute Gasteiger partial charge is 0.393 e. The number of allylic oxidation sites excluding steroid dienone is 3. The molecule has 3 N–H and O–H groups in total. The Morgan fingerprint density at radius 2 is 1.76 bits per heavy atom. The molecule has 0 unspecified atom stereocenters. The summed E-state index contributed by atoms with van der Waals surface area (Å²) >= 11 is 0. The molecule has 0 spiro atoms. The summed E-state index contributed by atoms with van der Waals surface area (Å²) in [5.74, 6) is 0.354. The normalized spacial score (nSPS) is 34.7. The average Bonchev–Trinajstić information content (AvgIpc) is 3.13. The number of rotatable bonds is 7. The zero-order valence-electron chi connectivity index (χ0n) is 21.3. The van der Waals surface area contributed by atoms with Crippen molar-refractivity contribution in [2.45, 2.75) is 108 Å². The van der Waals surface area contributed by atoms with E-state index in [0.29, 0.717) is 12.0 Å². The van der Waals surface area contributed by atoms with Gasteiger partial charge >= 0.3 is 12.4 Å². The fourth-order valence-corrected chi connectivity index (χ4v) is 6.67. The Morgan fingerprint density at radius 3 is 2.38 bits per heavy atom. The largest absolute Gasteiger partial charge is 0.426 e. The number of hydrogen-bond donors (Lipinski definition) is 3. The summed E-state index contributed by atoms with van der Waals surface area (Å²) in [7, 11) is 0. The van der Waals surface area contributed by atoms with Crippen LogP contribution in [0.1, 0.15) is 71.6 Å². The maximum absolute atomic E-state index is 12.9. The van der Waals surface area contributed by atoms with E-state index in [4.69, 9.17) is 4.74 Å². The van der Waals surface area contributed by atoms with Gasteiger partial charge in [0.15, 0.2) is 0 Å². The van der Waals surface area contributed by atoms with Gasteiger partial charge in [0.25, 0.3) is 5.60 Å². The van der Waals surface area contributed by atoms with Crippen molar-refractivity contribution in [2.75, 3.05) is 6.61 Å². The molecule has 0 radical (unpaired) electrons. The summed E-state index contributed by atoms with van der Waals surface area (Å²) < 4.78 is 83.1. The Morgan fingerprint density at radius 1 is 1.11 bits per heavy atom. The van der Waals surface area contributed by atoms with E-state index in [2.05, 4.69) is 19.6 Å². The minimum atomic E-state index is -5.82. The Hall–Kier alpha value is -1.36. The van der Waals surface area contributed by atoms with Gasteiger partial charge in [-0.1, -0.05) is 31.2 Å². The van der Waals surface area contributed by atoms with Crippen LogP contribution in [0.25, 0.3) is 0 Å². The van der Waals surface area contributed by atoms with Crippen molar-refractivity contribution in [1.82, 2.24) is 0 Å². The molecule has 0 amide bonds. The van der Waals surface area contributed by atoms with E-state index in [1.54, 1.807) is 0 Å². The van der Waals surface area contributed by atoms with E-state index in [9.17, 15) is 41.7 Å². The van der Waals surface area contributed by atoms with E-state index in [1.807, 2.05) is 13.0 Å². The van der Waals surface area contributed by atoms with Crippen molar-refractivity contribution in [3.63, 3.8) is 0 Å². The van der Waals surface area contributed by atoms with Crippen molar-refractivity contribution in [3.8, 4) is 0 Å². The lowest BCUT2D eigenvalue weighted by Crippen LogP contribution is -2.56.